The Kier molecular flexibility index (Phi) is 4.32. The molecule has 0 fully saturated rings. The largest absolute Gasteiger partial charge is 0.337 e. The molecular formula is C15H15BrN2O. The van der Waals surface area contributed by atoms with Gasteiger partial charge in [-0.2, -0.15) is 0 Å². The van der Waals surface area contributed by atoms with Gasteiger partial charge in [-0.1, -0.05) is 28.1 Å². The standard InChI is InChI=1S/C15H15BrN2O/c1-11-6-13(9-17-8-11)15(19)18(2)10-12-4-3-5-14(16)7-12/h3-9H,10H2,1-2H3. The highest BCUT2D eigenvalue weighted by molar-refractivity contribution is 9.10. The molecule has 0 saturated heterocycles. The number of hydrogen-bond donors (Lipinski definition) is 0. The molecule has 0 aliphatic heterocycles. The summed E-state index contributed by atoms with van der Waals surface area (Å²) < 4.78 is 1.02. The Balaban J connectivity index is 2.12. The van der Waals surface area contributed by atoms with E-state index in [1.54, 1.807) is 24.3 Å². The van der Waals surface area contributed by atoms with E-state index in [1.807, 2.05) is 37.3 Å². The van der Waals surface area contributed by atoms with Gasteiger partial charge in [-0.15, -0.1) is 0 Å². The molecule has 2 rings (SSSR count). The van der Waals surface area contributed by atoms with Crippen LogP contribution in [0.1, 0.15) is 21.5 Å². The molecule has 0 aliphatic carbocycles. The van der Waals surface area contributed by atoms with Crippen LogP contribution in [0.25, 0.3) is 0 Å². The van der Waals surface area contributed by atoms with Crippen molar-refractivity contribution in [2.75, 3.05) is 7.05 Å². The Morgan fingerprint density at radius 3 is 2.79 bits per heavy atom. The van der Waals surface area contributed by atoms with Gasteiger partial charge in [0.2, 0.25) is 0 Å². The number of rotatable bonds is 3. The van der Waals surface area contributed by atoms with Gasteiger partial charge >= 0.3 is 0 Å². The number of nitrogens with zero attached hydrogens (tertiary/aromatic N) is 2. The molecule has 0 unspecified atom stereocenters. The summed E-state index contributed by atoms with van der Waals surface area (Å²) in [6.07, 6.45) is 3.35. The van der Waals surface area contributed by atoms with Crippen LogP contribution >= 0.6 is 15.9 Å². The molecule has 1 amide bonds. The quantitative estimate of drug-likeness (QED) is 0.868. The molecule has 0 aliphatic rings. The first kappa shape index (κ1) is 13.7. The molecule has 0 saturated carbocycles. The summed E-state index contributed by atoms with van der Waals surface area (Å²) in [7, 11) is 1.80. The van der Waals surface area contributed by atoms with Crippen molar-refractivity contribution >= 4 is 21.8 Å². The fraction of sp³-hybridized carbons (Fsp3) is 0.200. The molecule has 19 heavy (non-hydrogen) atoms. The highest BCUT2D eigenvalue weighted by Gasteiger charge is 2.12. The number of halogens is 1. The number of carbonyl (C=O) groups is 1. The fourth-order valence-corrected chi connectivity index (χ4v) is 2.32. The Morgan fingerprint density at radius 2 is 2.11 bits per heavy atom. The van der Waals surface area contributed by atoms with Crippen molar-refractivity contribution in [1.29, 1.82) is 0 Å². The summed E-state index contributed by atoms with van der Waals surface area (Å²) in [5.41, 5.74) is 2.70. The van der Waals surface area contributed by atoms with Gasteiger partial charge in [-0.3, -0.25) is 9.78 Å². The molecule has 3 nitrogen and oxygen atoms in total. The topological polar surface area (TPSA) is 33.2 Å². The van der Waals surface area contributed by atoms with E-state index in [0.29, 0.717) is 12.1 Å². The second kappa shape index (κ2) is 5.97. The lowest BCUT2D eigenvalue weighted by Gasteiger charge is -2.17. The van der Waals surface area contributed by atoms with Gasteiger partial charge in [0.15, 0.2) is 0 Å². The van der Waals surface area contributed by atoms with Crippen LogP contribution in [0.5, 0.6) is 0 Å². The molecule has 0 radical (unpaired) electrons. The third-order valence-electron chi connectivity index (χ3n) is 2.78. The van der Waals surface area contributed by atoms with Gasteiger partial charge in [0.05, 0.1) is 5.56 Å². The first-order valence-electron chi connectivity index (χ1n) is 5.98. The number of benzene rings is 1. The van der Waals surface area contributed by atoms with Crippen molar-refractivity contribution < 1.29 is 4.79 Å². The average Bonchev–Trinajstić information content (AvgIpc) is 2.38. The monoisotopic (exact) mass is 318 g/mol. The maximum absolute atomic E-state index is 12.3. The molecule has 0 bridgehead atoms. The fourth-order valence-electron chi connectivity index (χ4n) is 1.87. The van der Waals surface area contributed by atoms with E-state index in [1.165, 1.54) is 0 Å². The summed E-state index contributed by atoms with van der Waals surface area (Å²) in [6.45, 7) is 2.50. The van der Waals surface area contributed by atoms with E-state index in [4.69, 9.17) is 0 Å². The maximum atomic E-state index is 12.3. The van der Waals surface area contributed by atoms with Gasteiger partial charge in [-0.25, -0.2) is 0 Å². The van der Waals surface area contributed by atoms with Crippen molar-refractivity contribution in [3.05, 3.63) is 63.9 Å². The summed E-state index contributed by atoms with van der Waals surface area (Å²) in [5.74, 6) is -0.0174. The molecule has 98 valence electrons. The highest BCUT2D eigenvalue weighted by Crippen LogP contribution is 2.14. The summed E-state index contributed by atoms with van der Waals surface area (Å²) in [4.78, 5) is 18.0. The third kappa shape index (κ3) is 3.64. The normalized spacial score (nSPS) is 10.3. The van der Waals surface area contributed by atoms with Crippen LogP contribution in [-0.4, -0.2) is 22.8 Å². The van der Waals surface area contributed by atoms with Crippen molar-refractivity contribution in [3.8, 4) is 0 Å². The molecule has 2 aromatic rings. The minimum absolute atomic E-state index is 0.0174. The lowest BCUT2D eigenvalue weighted by Crippen LogP contribution is -2.26. The number of pyridine rings is 1. The van der Waals surface area contributed by atoms with Crippen molar-refractivity contribution in [2.24, 2.45) is 0 Å². The zero-order chi connectivity index (χ0) is 13.8. The summed E-state index contributed by atoms with van der Waals surface area (Å²) in [6, 6.07) is 9.80. The molecule has 0 spiro atoms. The molecule has 0 atom stereocenters. The smallest absolute Gasteiger partial charge is 0.255 e. The Morgan fingerprint density at radius 1 is 1.32 bits per heavy atom. The van der Waals surface area contributed by atoms with Crippen LogP contribution < -0.4 is 0 Å². The second-order valence-corrected chi connectivity index (χ2v) is 5.46. The average molecular weight is 319 g/mol. The molecule has 4 heteroatoms. The van der Waals surface area contributed by atoms with E-state index in [2.05, 4.69) is 20.9 Å². The van der Waals surface area contributed by atoms with Gasteiger partial charge in [0.1, 0.15) is 0 Å². The lowest BCUT2D eigenvalue weighted by atomic mass is 10.1. The highest BCUT2D eigenvalue weighted by atomic mass is 79.9. The SMILES string of the molecule is Cc1cncc(C(=O)N(C)Cc2cccc(Br)c2)c1. The second-order valence-electron chi connectivity index (χ2n) is 4.54. The minimum Gasteiger partial charge on any atom is -0.337 e. The number of aryl methyl sites for hydroxylation is 1. The van der Waals surface area contributed by atoms with Crippen molar-refractivity contribution in [3.63, 3.8) is 0 Å². The van der Waals surface area contributed by atoms with E-state index in [0.717, 1.165) is 15.6 Å². The summed E-state index contributed by atoms with van der Waals surface area (Å²) >= 11 is 3.43. The number of aromatic nitrogens is 1. The predicted octanol–water partition coefficient (Wildman–Crippen LogP) is 3.42. The van der Waals surface area contributed by atoms with Gasteiger partial charge in [-0.05, 0) is 36.2 Å². The molecule has 1 aromatic heterocycles. The first-order chi connectivity index (χ1) is 9.06. The third-order valence-corrected chi connectivity index (χ3v) is 3.27. The van der Waals surface area contributed by atoms with E-state index >= 15 is 0 Å². The number of amides is 1. The van der Waals surface area contributed by atoms with Crippen LogP contribution in [0.15, 0.2) is 47.2 Å². The predicted molar refractivity (Wildman–Crippen MR) is 78.9 cm³/mol. The van der Waals surface area contributed by atoms with Crippen molar-refractivity contribution in [1.82, 2.24) is 9.88 Å². The van der Waals surface area contributed by atoms with E-state index in [9.17, 15) is 4.79 Å². The number of carbonyl (C=O) groups excluding carboxylic acids is 1. The minimum atomic E-state index is -0.0174. The molecule has 0 N–H and O–H groups in total. The Hall–Kier alpha value is -1.68. The van der Waals surface area contributed by atoms with Crippen molar-refractivity contribution in [2.45, 2.75) is 13.5 Å². The molecule has 1 heterocycles. The van der Waals surface area contributed by atoms with Crippen LogP contribution in [0.3, 0.4) is 0 Å². The Labute approximate surface area is 121 Å². The summed E-state index contributed by atoms with van der Waals surface area (Å²) in [5, 5.41) is 0. The maximum Gasteiger partial charge on any atom is 0.255 e. The molecule has 1 aromatic carbocycles. The number of hydrogen-bond acceptors (Lipinski definition) is 2. The zero-order valence-electron chi connectivity index (χ0n) is 10.9. The van der Waals surface area contributed by atoms with Gasteiger partial charge < -0.3 is 4.90 Å². The zero-order valence-corrected chi connectivity index (χ0v) is 12.5. The van der Waals surface area contributed by atoms with E-state index in [-0.39, 0.29) is 5.91 Å². The van der Waals surface area contributed by atoms with Crippen LogP contribution in [0, 0.1) is 6.92 Å². The molecular weight excluding hydrogens is 304 g/mol. The lowest BCUT2D eigenvalue weighted by molar-refractivity contribution is 0.0784. The van der Waals surface area contributed by atoms with Crippen LogP contribution in [-0.2, 0) is 6.54 Å². The first-order valence-corrected chi connectivity index (χ1v) is 6.77. The van der Waals surface area contributed by atoms with E-state index < -0.39 is 0 Å². The van der Waals surface area contributed by atoms with Crippen LogP contribution in [0.2, 0.25) is 0 Å². The van der Waals surface area contributed by atoms with Crippen LogP contribution in [0.4, 0.5) is 0 Å². The Bertz CT molecular complexity index is 598. The van der Waals surface area contributed by atoms with Gasteiger partial charge in [0.25, 0.3) is 5.91 Å². The van der Waals surface area contributed by atoms with Gasteiger partial charge in [0, 0.05) is 30.5 Å².